The molecule has 5 heteroatoms. The summed E-state index contributed by atoms with van der Waals surface area (Å²) in [6, 6.07) is 8.46. The fourth-order valence-electron chi connectivity index (χ4n) is 1.49. The van der Waals surface area contributed by atoms with Crippen molar-refractivity contribution in [3.8, 4) is 6.07 Å². The largest absolute Gasteiger partial charge is 0.445 e. The smallest absolute Gasteiger partial charge is 0.278 e. The number of aromatic nitrogens is 1. The summed E-state index contributed by atoms with van der Waals surface area (Å²) in [7, 11) is 1.60. The van der Waals surface area contributed by atoms with Crippen molar-refractivity contribution in [2.45, 2.75) is 6.92 Å². The molecule has 0 fully saturated rings. The number of anilines is 1. The van der Waals surface area contributed by atoms with Gasteiger partial charge in [-0.3, -0.25) is 14.7 Å². The summed E-state index contributed by atoms with van der Waals surface area (Å²) in [6.45, 7) is 1.80. The molecule has 0 atom stereocenters. The fraction of sp³-hybridized carbons (Fsp3) is 0.154. The summed E-state index contributed by atoms with van der Waals surface area (Å²) in [5, 5.41) is 8.78. The number of hydrogen-bond donors (Lipinski definition) is 0. The van der Waals surface area contributed by atoms with Gasteiger partial charge in [-0.25, -0.2) is 0 Å². The minimum Gasteiger partial charge on any atom is -0.445 e. The zero-order valence-electron chi connectivity index (χ0n) is 10.0. The van der Waals surface area contributed by atoms with Gasteiger partial charge in [-0.15, -0.1) is 0 Å². The zero-order chi connectivity index (χ0) is 13.1. The molecule has 90 valence electrons. The third-order valence-corrected chi connectivity index (χ3v) is 2.47. The van der Waals surface area contributed by atoms with Crippen LogP contribution in [0.25, 0.3) is 0 Å². The first-order chi connectivity index (χ1) is 8.61. The highest BCUT2D eigenvalue weighted by molar-refractivity contribution is 6.03. The first kappa shape index (κ1) is 11.9. The first-order valence-electron chi connectivity index (χ1n) is 5.32. The van der Waals surface area contributed by atoms with E-state index in [4.69, 9.17) is 9.68 Å². The van der Waals surface area contributed by atoms with Gasteiger partial charge in [-0.05, 0) is 25.1 Å². The molecule has 0 radical (unpaired) electrons. The molecule has 5 nitrogen and oxygen atoms in total. The molecule has 1 amide bonds. The molecule has 0 aliphatic rings. The van der Waals surface area contributed by atoms with E-state index in [-0.39, 0.29) is 11.6 Å². The van der Waals surface area contributed by atoms with Crippen LogP contribution in [0, 0.1) is 18.3 Å². The molecular formula is C13H11N3O2. The maximum atomic E-state index is 12.1. The SMILES string of the molecule is Cc1ccc(N(C)C(=O)c2cc(C#N)ccn2)o1. The van der Waals surface area contributed by atoms with Crippen LogP contribution in [0.15, 0.2) is 34.9 Å². The van der Waals surface area contributed by atoms with Gasteiger partial charge < -0.3 is 4.42 Å². The number of aryl methyl sites for hydroxylation is 1. The summed E-state index contributed by atoms with van der Waals surface area (Å²) in [4.78, 5) is 17.4. The van der Waals surface area contributed by atoms with Crippen LogP contribution in [0.1, 0.15) is 21.8 Å². The van der Waals surface area contributed by atoms with Crippen LogP contribution in [0.3, 0.4) is 0 Å². The van der Waals surface area contributed by atoms with Gasteiger partial charge >= 0.3 is 0 Å². The Morgan fingerprint density at radius 3 is 2.83 bits per heavy atom. The highest BCUT2D eigenvalue weighted by atomic mass is 16.4. The quantitative estimate of drug-likeness (QED) is 0.807. The van der Waals surface area contributed by atoms with E-state index in [2.05, 4.69) is 4.98 Å². The van der Waals surface area contributed by atoms with Crippen molar-refractivity contribution >= 4 is 11.8 Å². The molecule has 0 N–H and O–H groups in total. The van der Waals surface area contributed by atoms with Crippen molar-refractivity contribution in [2.75, 3.05) is 11.9 Å². The van der Waals surface area contributed by atoms with Gasteiger partial charge in [-0.1, -0.05) is 0 Å². The number of carbonyl (C=O) groups is 1. The maximum absolute atomic E-state index is 12.1. The lowest BCUT2D eigenvalue weighted by atomic mass is 10.2. The molecule has 0 aliphatic carbocycles. The van der Waals surface area contributed by atoms with E-state index in [9.17, 15) is 4.79 Å². The molecule has 2 aromatic rings. The predicted molar refractivity (Wildman–Crippen MR) is 65.1 cm³/mol. The molecule has 0 spiro atoms. The van der Waals surface area contributed by atoms with Crippen LogP contribution in [-0.4, -0.2) is 17.9 Å². The zero-order valence-corrected chi connectivity index (χ0v) is 10.0. The Bertz CT molecular complexity index is 625. The molecule has 2 rings (SSSR count). The van der Waals surface area contributed by atoms with Crippen molar-refractivity contribution in [1.29, 1.82) is 5.26 Å². The standard InChI is InChI=1S/C13H11N3O2/c1-9-3-4-12(18-9)16(2)13(17)11-7-10(8-14)5-6-15-11/h3-7H,1-2H3. The third kappa shape index (κ3) is 2.23. The van der Waals surface area contributed by atoms with Crippen molar-refractivity contribution in [3.05, 3.63) is 47.5 Å². The highest BCUT2D eigenvalue weighted by Crippen LogP contribution is 2.18. The van der Waals surface area contributed by atoms with Gasteiger partial charge in [-0.2, -0.15) is 5.26 Å². The summed E-state index contributed by atoms with van der Waals surface area (Å²) in [6.07, 6.45) is 1.44. The molecule has 2 aromatic heterocycles. The molecule has 0 aromatic carbocycles. The number of amides is 1. The lowest BCUT2D eigenvalue weighted by molar-refractivity contribution is 0.0984. The molecule has 2 heterocycles. The molecule has 0 bridgehead atoms. The lowest BCUT2D eigenvalue weighted by Gasteiger charge is -2.13. The van der Waals surface area contributed by atoms with E-state index in [1.54, 1.807) is 32.2 Å². The van der Waals surface area contributed by atoms with Gasteiger partial charge in [0.05, 0.1) is 11.6 Å². The van der Waals surface area contributed by atoms with E-state index in [0.717, 1.165) is 5.76 Å². The van der Waals surface area contributed by atoms with E-state index in [1.165, 1.54) is 17.2 Å². The summed E-state index contributed by atoms with van der Waals surface area (Å²) < 4.78 is 5.36. The van der Waals surface area contributed by atoms with Gasteiger partial charge in [0, 0.05) is 19.3 Å². The molecule has 18 heavy (non-hydrogen) atoms. The topological polar surface area (TPSA) is 70.1 Å². The Morgan fingerprint density at radius 2 is 2.22 bits per heavy atom. The number of pyridine rings is 1. The van der Waals surface area contributed by atoms with Gasteiger partial charge in [0.1, 0.15) is 11.5 Å². The summed E-state index contributed by atoms with van der Waals surface area (Å²) in [5.74, 6) is 0.853. The van der Waals surface area contributed by atoms with Crippen LogP contribution in [0.4, 0.5) is 5.88 Å². The van der Waals surface area contributed by atoms with E-state index in [1.807, 2.05) is 6.07 Å². The maximum Gasteiger partial charge on any atom is 0.278 e. The number of nitrogens with zero attached hydrogens (tertiary/aromatic N) is 3. The average Bonchev–Trinajstić information content (AvgIpc) is 2.83. The number of furan rings is 1. The third-order valence-electron chi connectivity index (χ3n) is 2.47. The molecule has 0 aliphatic heterocycles. The van der Waals surface area contributed by atoms with E-state index < -0.39 is 0 Å². The van der Waals surface area contributed by atoms with Crippen LogP contribution in [-0.2, 0) is 0 Å². The van der Waals surface area contributed by atoms with Crippen LogP contribution in [0.5, 0.6) is 0 Å². The van der Waals surface area contributed by atoms with Crippen LogP contribution < -0.4 is 4.90 Å². The summed E-state index contributed by atoms with van der Waals surface area (Å²) >= 11 is 0. The van der Waals surface area contributed by atoms with Crippen molar-refractivity contribution in [3.63, 3.8) is 0 Å². The number of carbonyl (C=O) groups excluding carboxylic acids is 1. The van der Waals surface area contributed by atoms with Gasteiger partial charge in [0.2, 0.25) is 5.88 Å². The predicted octanol–water partition coefficient (Wildman–Crippen LogP) is 2.13. The minimum absolute atomic E-state index is 0.214. The van der Waals surface area contributed by atoms with Crippen molar-refractivity contribution in [2.24, 2.45) is 0 Å². The number of nitriles is 1. The molecular weight excluding hydrogens is 230 g/mol. The van der Waals surface area contributed by atoms with Crippen LogP contribution in [0.2, 0.25) is 0 Å². The Morgan fingerprint density at radius 1 is 1.44 bits per heavy atom. The van der Waals surface area contributed by atoms with E-state index in [0.29, 0.717) is 11.4 Å². The monoisotopic (exact) mass is 241 g/mol. The number of hydrogen-bond acceptors (Lipinski definition) is 4. The van der Waals surface area contributed by atoms with Crippen molar-refractivity contribution < 1.29 is 9.21 Å². The second-order valence-electron chi connectivity index (χ2n) is 3.79. The lowest BCUT2D eigenvalue weighted by Crippen LogP contribution is -2.26. The second kappa shape index (κ2) is 4.72. The minimum atomic E-state index is -0.318. The van der Waals surface area contributed by atoms with Crippen molar-refractivity contribution in [1.82, 2.24) is 4.98 Å². The van der Waals surface area contributed by atoms with Crippen LogP contribution >= 0.6 is 0 Å². The van der Waals surface area contributed by atoms with Gasteiger partial charge in [0.15, 0.2) is 0 Å². The molecule has 0 saturated heterocycles. The highest BCUT2D eigenvalue weighted by Gasteiger charge is 2.17. The van der Waals surface area contributed by atoms with Gasteiger partial charge in [0.25, 0.3) is 5.91 Å². The van der Waals surface area contributed by atoms with E-state index >= 15 is 0 Å². The molecule has 0 unspecified atom stereocenters. The second-order valence-corrected chi connectivity index (χ2v) is 3.79. The Balaban J connectivity index is 2.28. The summed E-state index contributed by atoms with van der Waals surface area (Å²) in [5.41, 5.74) is 0.614. The normalized spacial score (nSPS) is 9.83. The Labute approximate surface area is 104 Å². The fourth-order valence-corrected chi connectivity index (χ4v) is 1.49. The average molecular weight is 241 g/mol. The molecule has 0 saturated carbocycles. The first-order valence-corrected chi connectivity index (χ1v) is 5.32. The Kier molecular flexibility index (Phi) is 3.11. The Hall–Kier alpha value is -2.61. The number of rotatable bonds is 2.